The van der Waals surface area contributed by atoms with Crippen LogP contribution in [0.1, 0.15) is 81.1 Å². The lowest BCUT2D eigenvalue weighted by atomic mass is 9.80. The van der Waals surface area contributed by atoms with Crippen molar-refractivity contribution in [3.05, 3.63) is 18.0 Å². The predicted molar refractivity (Wildman–Crippen MR) is 141 cm³/mol. The van der Waals surface area contributed by atoms with Gasteiger partial charge in [0, 0.05) is 62.3 Å². The van der Waals surface area contributed by atoms with Crippen molar-refractivity contribution in [2.24, 2.45) is 5.92 Å². The fraction of sp³-hybridized carbons (Fsp3) is 0.714. The van der Waals surface area contributed by atoms with Crippen LogP contribution in [0, 0.1) is 5.92 Å². The number of nitrogens with zero attached hydrogens (tertiary/aromatic N) is 5. The van der Waals surface area contributed by atoms with Crippen molar-refractivity contribution in [1.29, 1.82) is 0 Å². The van der Waals surface area contributed by atoms with Gasteiger partial charge in [-0.2, -0.15) is 4.98 Å². The second-order valence-electron chi connectivity index (χ2n) is 12.1. The van der Waals surface area contributed by atoms with Gasteiger partial charge in [0.1, 0.15) is 11.3 Å². The maximum absolute atomic E-state index is 12.7. The van der Waals surface area contributed by atoms with Crippen molar-refractivity contribution in [1.82, 2.24) is 29.7 Å². The molecule has 0 radical (unpaired) electrons. The lowest BCUT2D eigenvalue weighted by Gasteiger charge is -2.43. The second-order valence-corrected chi connectivity index (χ2v) is 12.1. The second kappa shape index (κ2) is 9.26. The van der Waals surface area contributed by atoms with Gasteiger partial charge in [-0.25, -0.2) is 4.98 Å². The summed E-state index contributed by atoms with van der Waals surface area (Å²) in [6.07, 6.45) is 14.4. The molecule has 0 unspecified atom stereocenters. The SMILES string of the molecule is O=C1NCC2(CCCCC2)n2c1cc1cnc(NC3CCC(N4CCN(C(=O)C5CC5)CC4)CC3)nc12. The van der Waals surface area contributed by atoms with Gasteiger partial charge >= 0.3 is 0 Å². The van der Waals surface area contributed by atoms with Crippen LogP contribution in [0.3, 0.4) is 0 Å². The first-order valence-corrected chi connectivity index (χ1v) is 14.6. The lowest BCUT2D eigenvalue weighted by molar-refractivity contribution is -0.134. The van der Waals surface area contributed by atoms with Gasteiger partial charge in [0.2, 0.25) is 11.9 Å². The normalized spacial score (nSPS) is 28.2. The monoisotopic (exact) mass is 505 g/mol. The highest BCUT2D eigenvalue weighted by molar-refractivity contribution is 5.99. The van der Waals surface area contributed by atoms with E-state index >= 15 is 0 Å². The topological polar surface area (TPSA) is 95.4 Å². The van der Waals surface area contributed by atoms with Crippen LogP contribution in [0.25, 0.3) is 11.0 Å². The van der Waals surface area contributed by atoms with E-state index in [4.69, 9.17) is 4.98 Å². The van der Waals surface area contributed by atoms with E-state index in [0.717, 1.165) is 81.4 Å². The molecule has 2 N–H and O–H groups in total. The molecule has 9 nitrogen and oxygen atoms in total. The number of aromatic nitrogens is 3. The van der Waals surface area contributed by atoms with E-state index in [1.54, 1.807) is 0 Å². The Balaban J connectivity index is 1.01. The number of carbonyl (C=O) groups is 2. The van der Waals surface area contributed by atoms with E-state index < -0.39 is 0 Å². The summed E-state index contributed by atoms with van der Waals surface area (Å²) in [7, 11) is 0. The van der Waals surface area contributed by atoms with Crippen LogP contribution in [0.5, 0.6) is 0 Å². The van der Waals surface area contributed by atoms with Crippen LogP contribution in [-0.4, -0.2) is 81.0 Å². The third-order valence-electron chi connectivity index (χ3n) is 9.71. The average Bonchev–Trinajstić information content (AvgIpc) is 3.71. The Morgan fingerprint density at radius 2 is 1.76 bits per heavy atom. The van der Waals surface area contributed by atoms with Gasteiger partial charge in [-0.3, -0.25) is 14.5 Å². The molecule has 0 bridgehead atoms. The van der Waals surface area contributed by atoms with Gasteiger partial charge in [-0.05, 0) is 57.4 Å². The van der Waals surface area contributed by atoms with Crippen LogP contribution in [0.15, 0.2) is 12.3 Å². The molecule has 1 spiro atoms. The molecule has 4 heterocycles. The van der Waals surface area contributed by atoms with Gasteiger partial charge < -0.3 is 20.1 Å². The van der Waals surface area contributed by atoms with Gasteiger partial charge in [-0.1, -0.05) is 19.3 Å². The number of hydrogen-bond acceptors (Lipinski definition) is 6. The van der Waals surface area contributed by atoms with E-state index in [1.807, 2.05) is 12.3 Å². The Morgan fingerprint density at radius 3 is 2.49 bits per heavy atom. The summed E-state index contributed by atoms with van der Waals surface area (Å²) in [5.41, 5.74) is 1.57. The van der Waals surface area contributed by atoms with E-state index in [1.165, 1.54) is 32.1 Å². The largest absolute Gasteiger partial charge is 0.351 e. The van der Waals surface area contributed by atoms with E-state index in [0.29, 0.717) is 36.4 Å². The number of hydrogen-bond donors (Lipinski definition) is 2. The summed E-state index contributed by atoms with van der Waals surface area (Å²) < 4.78 is 2.25. The highest BCUT2D eigenvalue weighted by Gasteiger charge is 2.42. The van der Waals surface area contributed by atoms with Gasteiger partial charge in [-0.15, -0.1) is 0 Å². The Hall–Kier alpha value is -2.68. The summed E-state index contributed by atoms with van der Waals surface area (Å²) in [5, 5.41) is 7.72. The smallest absolute Gasteiger partial charge is 0.268 e. The first-order valence-electron chi connectivity index (χ1n) is 14.6. The van der Waals surface area contributed by atoms with Crippen molar-refractivity contribution in [2.45, 2.75) is 88.3 Å². The summed E-state index contributed by atoms with van der Waals surface area (Å²) in [6, 6.07) is 2.95. The molecule has 3 saturated carbocycles. The summed E-state index contributed by atoms with van der Waals surface area (Å²) in [4.78, 5) is 39.4. The first kappa shape index (κ1) is 23.4. The Labute approximate surface area is 218 Å². The van der Waals surface area contributed by atoms with Gasteiger partial charge in [0.05, 0.1) is 5.54 Å². The molecular formula is C28H39N7O2. The molecule has 2 aromatic rings. The number of piperazine rings is 1. The minimum Gasteiger partial charge on any atom is -0.351 e. The zero-order valence-corrected chi connectivity index (χ0v) is 21.8. The minimum absolute atomic E-state index is 0.000214. The fourth-order valence-electron chi connectivity index (χ4n) is 7.39. The number of rotatable bonds is 4. The van der Waals surface area contributed by atoms with Crippen LogP contribution in [0.4, 0.5) is 5.95 Å². The van der Waals surface area contributed by atoms with E-state index in [-0.39, 0.29) is 11.4 Å². The van der Waals surface area contributed by atoms with Crippen molar-refractivity contribution in [2.75, 3.05) is 38.0 Å². The van der Waals surface area contributed by atoms with Crippen LogP contribution in [0.2, 0.25) is 0 Å². The average molecular weight is 506 g/mol. The van der Waals surface area contributed by atoms with Crippen molar-refractivity contribution in [3.8, 4) is 0 Å². The van der Waals surface area contributed by atoms with E-state index in [2.05, 4.69) is 30.0 Å². The van der Waals surface area contributed by atoms with Crippen LogP contribution >= 0.6 is 0 Å². The number of anilines is 1. The van der Waals surface area contributed by atoms with Crippen molar-refractivity contribution >= 4 is 28.8 Å². The molecule has 198 valence electrons. The van der Waals surface area contributed by atoms with Crippen LogP contribution in [-0.2, 0) is 10.3 Å². The van der Waals surface area contributed by atoms with E-state index in [9.17, 15) is 9.59 Å². The minimum atomic E-state index is -0.0553. The zero-order chi connectivity index (χ0) is 25.0. The van der Waals surface area contributed by atoms with Crippen molar-refractivity contribution < 1.29 is 9.59 Å². The zero-order valence-electron chi connectivity index (χ0n) is 21.8. The predicted octanol–water partition coefficient (Wildman–Crippen LogP) is 3.11. The number of amides is 2. The third-order valence-corrected chi connectivity index (χ3v) is 9.71. The quantitative estimate of drug-likeness (QED) is 0.663. The van der Waals surface area contributed by atoms with Gasteiger partial charge in [0.15, 0.2) is 0 Å². The third kappa shape index (κ3) is 4.29. The number of nitrogens with one attached hydrogen (secondary N) is 2. The molecule has 0 aromatic carbocycles. The Bertz CT molecular complexity index is 1180. The molecular weight excluding hydrogens is 466 g/mol. The molecule has 4 fully saturated rings. The molecule has 2 amide bonds. The highest BCUT2D eigenvalue weighted by Crippen LogP contribution is 2.40. The molecule has 3 aliphatic carbocycles. The summed E-state index contributed by atoms with van der Waals surface area (Å²) >= 11 is 0. The number of fused-ring (bicyclic) bond motifs is 4. The lowest BCUT2D eigenvalue weighted by Crippen LogP contribution is -2.53. The molecule has 37 heavy (non-hydrogen) atoms. The van der Waals surface area contributed by atoms with Crippen LogP contribution < -0.4 is 10.6 Å². The molecule has 2 aliphatic heterocycles. The standard InChI is InChI=1S/C28H39N7O2/c36-25-23-16-20-17-29-27(32-24(20)35(23)28(18-30-25)10-2-1-3-11-28)31-21-6-8-22(9-7-21)33-12-14-34(15-13-33)26(37)19-4-5-19/h16-17,19,21-22H,1-15,18H2,(H,30,36)(H,29,31,32). The maximum Gasteiger partial charge on any atom is 0.268 e. The van der Waals surface area contributed by atoms with Gasteiger partial charge in [0.25, 0.3) is 5.91 Å². The molecule has 9 heteroatoms. The first-order chi connectivity index (χ1) is 18.1. The van der Waals surface area contributed by atoms with Crippen molar-refractivity contribution in [3.63, 3.8) is 0 Å². The fourth-order valence-corrected chi connectivity index (χ4v) is 7.39. The molecule has 5 aliphatic rings. The summed E-state index contributed by atoms with van der Waals surface area (Å²) in [5.74, 6) is 1.40. The molecule has 2 aromatic heterocycles. The molecule has 0 atom stereocenters. The molecule has 7 rings (SSSR count). The Morgan fingerprint density at radius 1 is 1.00 bits per heavy atom. The molecule has 1 saturated heterocycles. The summed E-state index contributed by atoms with van der Waals surface area (Å²) in [6.45, 7) is 4.50. The maximum atomic E-state index is 12.7. The Kier molecular flexibility index (Phi) is 5.86. The number of carbonyl (C=O) groups excluding carboxylic acids is 2. The highest BCUT2D eigenvalue weighted by atomic mass is 16.2.